The Bertz CT molecular complexity index is 2630. The average molecular weight is 984 g/mol. The molecule has 14 nitrogen and oxygen atoms in total. The molecular formula is C58H69N3O11. The number of carbonyl (C=O) groups is 1. The molecule has 0 saturated heterocycles. The topological polar surface area (TPSA) is 172 Å². The van der Waals surface area contributed by atoms with Crippen molar-refractivity contribution in [2.24, 2.45) is 28.8 Å². The van der Waals surface area contributed by atoms with Crippen molar-refractivity contribution in [3.05, 3.63) is 141 Å². The van der Waals surface area contributed by atoms with Crippen molar-refractivity contribution in [1.29, 1.82) is 0 Å². The fourth-order valence-electron chi connectivity index (χ4n) is 11.9. The lowest BCUT2D eigenvalue weighted by atomic mass is 9.55. The van der Waals surface area contributed by atoms with Crippen LogP contribution in [0.3, 0.4) is 0 Å². The zero-order valence-corrected chi connectivity index (χ0v) is 41.7. The number of aliphatic hydroxyl groups is 2. The first-order valence-corrected chi connectivity index (χ1v) is 26.0. The molecule has 3 aliphatic carbocycles. The second kappa shape index (κ2) is 23.1. The minimum absolute atomic E-state index is 0.0108. The summed E-state index contributed by atoms with van der Waals surface area (Å²) in [5.74, 6) is 1.50. The Morgan fingerprint density at radius 1 is 0.875 bits per heavy atom. The summed E-state index contributed by atoms with van der Waals surface area (Å²) in [4.78, 5) is 34.8. The number of allylic oxidation sites excluding steroid dienone is 1. The maximum Gasteiger partial charge on any atom is 0.269 e. The highest BCUT2D eigenvalue weighted by atomic mass is 16.7. The number of rotatable bonds is 23. The first kappa shape index (κ1) is 50.7. The molecule has 2 aliphatic heterocycles. The lowest BCUT2D eigenvalue weighted by Crippen LogP contribution is -2.70. The van der Waals surface area contributed by atoms with E-state index in [4.69, 9.17) is 33.7 Å². The number of nitro benzene ring substituents is 1. The molecule has 0 spiro atoms. The Labute approximate surface area is 422 Å². The minimum atomic E-state index is -1.46. The molecule has 5 aliphatic rings. The van der Waals surface area contributed by atoms with Crippen LogP contribution in [0.15, 0.2) is 108 Å². The number of ether oxygens (including phenoxy) is 5. The molecular weight excluding hydrogens is 915 g/mol. The number of hydrogen-bond donors (Lipinski definition) is 2. The molecule has 0 bridgehead atoms. The van der Waals surface area contributed by atoms with Crippen molar-refractivity contribution in [2.75, 3.05) is 26.6 Å². The van der Waals surface area contributed by atoms with Crippen molar-refractivity contribution < 1.29 is 48.5 Å². The second-order valence-electron chi connectivity index (χ2n) is 20.2. The number of oxime groups is 1. The summed E-state index contributed by atoms with van der Waals surface area (Å²) in [7, 11) is 0. The summed E-state index contributed by atoms with van der Waals surface area (Å²) in [6.45, 7) is 8.93. The van der Waals surface area contributed by atoms with Crippen LogP contribution in [0.5, 0.6) is 28.7 Å². The minimum Gasteiger partial charge on any atom is -0.459 e. The summed E-state index contributed by atoms with van der Waals surface area (Å²) in [5, 5.41) is 36.7. The fraction of sp³-hybridized carbons (Fsp3) is 0.483. The summed E-state index contributed by atoms with van der Waals surface area (Å²) in [6, 6.07) is 23.4. The van der Waals surface area contributed by atoms with E-state index in [1.165, 1.54) is 30.5 Å². The molecule has 0 radical (unpaired) electrons. The zero-order chi connectivity index (χ0) is 50.2. The van der Waals surface area contributed by atoms with E-state index in [9.17, 15) is 20.3 Å². The largest absolute Gasteiger partial charge is 0.459 e. The second-order valence-corrected chi connectivity index (χ2v) is 20.2. The number of hydrogen-bond acceptors (Lipinski definition) is 12. The summed E-state index contributed by atoms with van der Waals surface area (Å²) < 4.78 is 33.1. The normalized spacial score (nSPS) is 23.4. The number of aliphatic hydroxyl groups excluding tert-OH is 2. The van der Waals surface area contributed by atoms with Crippen LogP contribution in [0, 0.1) is 47.6 Å². The van der Waals surface area contributed by atoms with Gasteiger partial charge in [0.05, 0.1) is 23.2 Å². The molecule has 2 fully saturated rings. The number of aryl methyl sites for hydroxylation is 2. The predicted octanol–water partition coefficient (Wildman–Crippen LogP) is 11.6. The van der Waals surface area contributed by atoms with Gasteiger partial charge in [0.15, 0.2) is 11.5 Å². The van der Waals surface area contributed by atoms with E-state index in [2.05, 4.69) is 38.6 Å². The molecule has 4 aromatic rings. The highest BCUT2D eigenvalue weighted by Crippen LogP contribution is 2.62. The molecule has 2 saturated carbocycles. The van der Waals surface area contributed by atoms with Crippen LogP contribution in [0.4, 0.5) is 5.69 Å². The van der Waals surface area contributed by atoms with Gasteiger partial charge >= 0.3 is 0 Å². The Balaban J connectivity index is 1.22. The van der Waals surface area contributed by atoms with Gasteiger partial charge in [0.1, 0.15) is 29.9 Å². The van der Waals surface area contributed by atoms with Crippen LogP contribution in [0.1, 0.15) is 117 Å². The number of nitro groups is 1. The van der Waals surface area contributed by atoms with Gasteiger partial charge in [-0.2, -0.15) is 0 Å². The lowest BCUT2D eigenvalue weighted by molar-refractivity contribution is -0.384. The third-order valence-corrected chi connectivity index (χ3v) is 15.6. The van der Waals surface area contributed by atoms with Gasteiger partial charge in [-0.25, -0.2) is 0 Å². The molecule has 382 valence electrons. The van der Waals surface area contributed by atoms with Gasteiger partial charge in [-0.1, -0.05) is 68.0 Å². The molecule has 0 aromatic heterocycles. The van der Waals surface area contributed by atoms with E-state index < -0.39 is 22.7 Å². The highest BCUT2D eigenvalue weighted by Gasteiger charge is 2.65. The third-order valence-electron chi connectivity index (χ3n) is 15.6. The number of carbonyl (C=O) groups excluding carboxylic acids is 1. The van der Waals surface area contributed by atoms with E-state index in [1.807, 2.05) is 47.4 Å². The van der Waals surface area contributed by atoms with Crippen molar-refractivity contribution >= 4 is 17.3 Å². The van der Waals surface area contributed by atoms with Crippen molar-refractivity contribution in [1.82, 2.24) is 4.90 Å². The number of fused-ring (bicyclic) bond motifs is 3. The van der Waals surface area contributed by atoms with Gasteiger partial charge < -0.3 is 43.6 Å². The van der Waals surface area contributed by atoms with Gasteiger partial charge in [-0.3, -0.25) is 14.9 Å². The Morgan fingerprint density at radius 2 is 1.60 bits per heavy atom. The Hall–Kier alpha value is -6.22. The van der Waals surface area contributed by atoms with E-state index in [0.29, 0.717) is 59.5 Å². The summed E-state index contributed by atoms with van der Waals surface area (Å²) >= 11 is 0. The SMILES string of the molecule is C=CCOC12Oc3ccc(Oc4ccc(C)c(C)c4)cc3C3C(CCCCO)C(CCCCO)C=C(C(=NOCc4ccc([N+](=O)[O-])cc4)CC1N(Cc1ccc4c(c1)OCO4)C(=O)CCC1CCCC1)C32. The first-order valence-electron chi connectivity index (χ1n) is 26.0. The summed E-state index contributed by atoms with van der Waals surface area (Å²) in [5.41, 5.74) is 6.35. The maximum absolute atomic E-state index is 15.4. The van der Waals surface area contributed by atoms with Crippen LogP contribution in [0.25, 0.3) is 0 Å². The third kappa shape index (κ3) is 11.1. The molecule has 2 heterocycles. The van der Waals surface area contributed by atoms with E-state index >= 15 is 4.79 Å². The molecule has 14 heteroatoms. The fourth-order valence-corrected chi connectivity index (χ4v) is 11.9. The van der Waals surface area contributed by atoms with E-state index in [1.54, 1.807) is 18.2 Å². The van der Waals surface area contributed by atoms with Crippen LogP contribution >= 0.6 is 0 Å². The van der Waals surface area contributed by atoms with Crippen LogP contribution in [-0.4, -0.2) is 70.1 Å². The summed E-state index contributed by atoms with van der Waals surface area (Å²) in [6.07, 6.45) is 14.4. The number of non-ortho nitro benzene ring substituents is 1. The molecule has 4 aromatic carbocycles. The molecule has 2 N–H and O–H groups in total. The van der Waals surface area contributed by atoms with Gasteiger partial charge in [0.25, 0.3) is 5.69 Å². The first-order chi connectivity index (χ1) is 35.1. The monoisotopic (exact) mass is 983 g/mol. The zero-order valence-electron chi connectivity index (χ0n) is 41.7. The quantitative estimate of drug-likeness (QED) is 0.0314. The molecule has 1 amide bonds. The van der Waals surface area contributed by atoms with Crippen molar-refractivity contribution in [2.45, 2.75) is 128 Å². The lowest BCUT2D eigenvalue weighted by Gasteiger charge is -2.60. The molecule has 6 unspecified atom stereocenters. The van der Waals surface area contributed by atoms with Gasteiger partial charge in [0.2, 0.25) is 18.5 Å². The average Bonchev–Trinajstić information content (AvgIpc) is 4.10. The predicted molar refractivity (Wildman–Crippen MR) is 273 cm³/mol. The van der Waals surface area contributed by atoms with Crippen LogP contribution in [0.2, 0.25) is 0 Å². The van der Waals surface area contributed by atoms with Crippen LogP contribution < -0.4 is 18.9 Å². The number of benzene rings is 4. The van der Waals surface area contributed by atoms with Gasteiger partial charge in [-0.05, 0) is 146 Å². The molecule has 72 heavy (non-hydrogen) atoms. The number of nitrogens with zero attached hydrogens (tertiary/aromatic N) is 3. The standard InChI is InChI=1S/C58H69N3O11/c1-4-29-69-58-54(60(55(64)26-19-40-11-5-6-12-40)35-42-18-24-52-53(31-42)68-37-67-52)34-50(59-70-36-41-16-20-44(21-17-41)61(65)66)48-32-43(13-7-9-27-62)47(14-8-10-28-63)56(57(48)58)49-33-46(23-25-51(49)72-58)71-45-22-15-38(2)39(3)30-45/h4,15-18,20-25,30-33,40,43,47,54,56-57,62-63H,1,5-14,19,26-29,34-37H2,2-3H3. The van der Waals surface area contributed by atoms with E-state index in [-0.39, 0.29) is 75.5 Å². The Morgan fingerprint density at radius 3 is 2.35 bits per heavy atom. The van der Waals surface area contributed by atoms with Gasteiger partial charge in [0, 0.05) is 56.2 Å². The highest BCUT2D eigenvalue weighted by molar-refractivity contribution is 6.03. The maximum atomic E-state index is 15.4. The Kier molecular flexibility index (Phi) is 16.3. The van der Waals surface area contributed by atoms with Crippen molar-refractivity contribution in [3.8, 4) is 28.7 Å². The number of amides is 1. The number of unbranched alkanes of at least 4 members (excludes halogenated alkanes) is 2. The van der Waals surface area contributed by atoms with Crippen LogP contribution in [-0.2, 0) is 27.5 Å². The molecule has 9 rings (SSSR count). The molecule has 6 atom stereocenters. The van der Waals surface area contributed by atoms with Crippen molar-refractivity contribution in [3.63, 3.8) is 0 Å². The van der Waals surface area contributed by atoms with Gasteiger partial charge in [-0.15, -0.1) is 6.58 Å². The van der Waals surface area contributed by atoms with E-state index in [0.717, 1.165) is 73.0 Å². The smallest absolute Gasteiger partial charge is 0.269 e.